The molecule has 0 amide bonds. The maximum Gasteiger partial charge on any atom is 0.343 e. The Balaban J connectivity index is 1.40. The van der Waals surface area contributed by atoms with Crippen molar-refractivity contribution in [3.8, 4) is 17.2 Å². The topological polar surface area (TPSA) is 44.8 Å². The number of benzene rings is 2. The number of ether oxygens (including phenoxy) is 3. The lowest BCUT2D eigenvalue weighted by Gasteiger charge is -2.31. The van der Waals surface area contributed by atoms with Crippen molar-refractivity contribution >= 4 is 17.6 Å². The van der Waals surface area contributed by atoms with Crippen LogP contribution in [0.15, 0.2) is 42.5 Å². The highest BCUT2D eigenvalue weighted by Gasteiger charge is 2.24. The zero-order valence-corrected chi connectivity index (χ0v) is 25.9. The third-order valence-corrected chi connectivity index (χ3v) is 8.52. The zero-order chi connectivity index (χ0) is 28.6. The molecule has 0 aliphatic heterocycles. The van der Waals surface area contributed by atoms with Crippen LogP contribution < -0.4 is 14.2 Å². The summed E-state index contributed by atoms with van der Waals surface area (Å²) in [6, 6.07) is 12.3. The molecule has 222 valence electrons. The Morgan fingerprint density at radius 1 is 0.850 bits per heavy atom. The van der Waals surface area contributed by atoms with Crippen molar-refractivity contribution in [2.45, 2.75) is 123 Å². The van der Waals surface area contributed by atoms with E-state index in [0.29, 0.717) is 22.1 Å². The first-order valence-corrected chi connectivity index (χ1v) is 16.3. The maximum absolute atomic E-state index is 12.7. The van der Waals surface area contributed by atoms with Crippen LogP contribution in [0, 0.1) is 11.8 Å². The number of halogens is 1. The Labute approximate surface area is 248 Å². The summed E-state index contributed by atoms with van der Waals surface area (Å²) in [5, 5.41) is 0.416. The lowest BCUT2D eigenvalue weighted by Crippen LogP contribution is -2.20. The molecule has 1 fully saturated rings. The molecule has 5 heteroatoms. The molecule has 0 bridgehead atoms. The molecule has 0 saturated heterocycles. The monoisotopic (exact) mass is 570 g/mol. The fraction of sp³-hybridized carbons (Fsp3) is 0.629. The second-order valence-electron chi connectivity index (χ2n) is 11.6. The summed E-state index contributed by atoms with van der Waals surface area (Å²) in [6.45, 7) is 7.27. The molecule has 4 nitrogen and oxygen atoms in total. The minimum absolute atomic E-state index is 0.0765. The van der Waals surface area contributed by atoms with Gasteiger partial charge in [-0.15, -0.1) is 0 Å². The minimum Gasteiger partial charge on any atom is -0.494 e. The Hall–Kier alpha value is -2.20. The van der Waals surface area contributed by atoms with Gasteiger partial charge >= 0.3 is 5.97 Å². The predicted octanol–water partition coefficient (Wildman–Crippen LogP) is 10.8. The van der Waals surface area contributed by atoms with Crippen LogP contribution >= 0.6 is 11.6 Å². The van der Waals surface area contributed by atoms with Gasteiger partial charge in [0.25, 0.3) is 0 Å². The van der Waals surface area contributed by atoms with Gasteiger partial charge in [0.2, 0.25) is 0 Å². The fourth-order valence-electron chi connectivity index (χ4n) is 5.86. The van der Waals surface area contributed by atoms with Crippen LogP contribution in [0.4, 0.5) is 0 Å². The highest BCUT2D eigenvalue weighted by atomic mass is 35.5. The Morgan fingerprint density at radius 3 is 2.17 bits per heavy atom. The van der Waals surface area contributed by atoms with Gasteiger partial charge in [-0.25, -0.2) is 4.79 Å². The lowest BCUT2D eigenvalue weighted by molar-refractivity contribution is 0.0734. The average molecular weight is 571 g/mol. The van der Waals surface area contributed by atoms with Crippen molar-refractivity contribution in [1.29, 1.82) is 0 Å². The molecule has 0 N–H and O–H groups in total. The molecule has 3 atom stereocenters. The molecule has 3 unspecified atom stereocenters. The van der Waals surface area contributed by atoms with E-state index in [0.717, 1.165) is 43.5 Å². The van der Waals surface area contributed by atoms with Crippen molar-refractivity contribution < 1.29 is 19.0 Å². The highest BCUT2D eigenvalue weighted by Crippen LogP contribution is 2.36. The molecule has 0 radical (unpaired) electrons. The molecular weight excluding hydrogens is 520 g/mol. The zero-order valence-electron chi connectivity index (χ0n) is 25.1. The summed E-state index contributed by atoms with van der Waals surface area (Å²) < 4.78 is 17.6. The molecule has 1 aliphatic rings. The number of esters is 1. The normalized spacial score (nSPS) is 17.8. The molecule has 0 aromatic heterocycles. The van der Waals surface area contributed by atoms with Crippen molar-refractivity contribution in [2.75, 3.05) is 6.61 Å². The van der Waals surface area contributed by atoms with Crippen LogP contribution in [-0.4, -0.2) is 18.7 Å². The van der Waals surface area contributed by atoms with Crippen LogP contribution in [0.25, 0.3) is 0 Å². The van der Waals surface area contributed by atoms with Crippen molar-refractivity contribution in [3.05, 3.63) is 53.1 Å². The van der Waals surface area contributed by atoms with E-state index >= 15 is 0 Å². The lowest BCUT2D eigenvalue weighted by atomic mass is 9.74. The van der Waals surface area contributed by atoms with Gasteiger partial charge in [-0.1, -0.05) is 96.1 Å². The van der Waals surface area contributed by atoms with Crippen LogP contribution in [0.2, 0.25) is 5.02 Å². The largest absolute Gasteiger partial charge is 0.494 e. The minimum atomic E-state index is -0.448. The Bertz CT molecular complexity index is 989. The van der Waals surface area contributed by atoms with Gasteiger partial charge in [-0.05, 0) is 86.9 Å². The van der Waals surface area contributed by atoms with Crippen molar-refractivity contribution in [2.24, 2.45) is 11.8 Å². The molecule has 2 aromatic rings. The van der Waals surface area contributed by atoms with Gasteiger partial charge in [0.15, 0.2) is 0 Å². The van der Waals surface area contributed by atoms with E-state index in [4.69, 9.17) is 25.8 Å². The van der Waals surface area contributed by atoms with Crippen LogP contribution in [-0.2, 0) is 0 Å². The van der Waals surface area contributed by atoms with Crippen molar-refractivity contribution in [3.63, 3.8) is 0 Å². The highest BCUT2D eigenvalue weighted by molar-refractivity contribution is 6.32. The smallest absolute Gasteiger partial charge is 0.343 e. The first-order chi connectivity index (χ1) is 19.5. The SMILES string of the molecule is CCCCCCC(C)Oc1ccc(C(=O)Oc2ccc(OCCCC3CCCCC3CCCCC)cc2)cc1Cl. The maximum atomic E-state index is 12.7. The Morgan fingerprint density at radius 2 is 1.50 bits per heavy atom. The van der Waals surface area contributed by atoms with E-state index in [1.54, 1.807) is 30.3 Å². The first-order valence-electron chi connectivity index (χ1n) is 15.9. The van der Waals surface area contributed by atoms with Crippen LogP contribution in [0.5, 0.6) is 17.2 Å². The van der Waals surface area contributed by atoms with E-state index in [9.17, 15) is 4.79 Å². The van der Waals surface area contributed by atoms with E-state index in [-0.39, 0.29) is 6.10 Å². The number of unbranched alkanes of at least 4 members (excludes halogenated alkanes) is 5. The summed E-state index contributed by atoms with van der Waals surface area (Å²) in [5.74, 6) is 3.21. The summed E-state index contributed by atoms with van der Waals surface area (Å²) in [7, 11) is 0. The van der Waals surface area contributed by atoms with Crippen molar-refractivity contribution in [1.82, 2.24) is 0 Å². The number of hydrogen-bond acceptors (Lipinski definition) is 4. The number of rotatable bonds is 18. The van der Waals surface area contributed by atoms with Crippen LogP contribution in [0.1, 0.15) is 127 Å². The van der Waals surface area contributed by atoms with Gasteiger partial charge in [0, 0.05) is 0 Å². The van der Waals surface area contributed by atoms with E-state index in [2.05, 4.69) is 20.8 Å². The molecule has 3 rings (SSSR count). The number of carbonyl (C=O) groups excluding carboxylic acids is 1. The first kappa shape index (κ1) is 32.3. The number of carbonyl (C=O) groups is 1. The molecule has 1 saturated carbocycles. The molecule has 1 aliphatic carbocycles. The molecule has 2 aromatic carbocycles. The molecule has 0 heterocycles. The van der Waals surface area contributed by atoms with Gasteiger partial charge in [-0.3, -0.25) is 0 Å². The molecule has 0 spiro atoms. The fourth-order valence-corrected chi connectivity index (χ4v) is 6.09. The molecular formula is C35H51ClO4. The summed E-state index contributed by atoms with van der Waals surface area (Å²) in [4.78, 5) is 12.7. The van der Waals surface area contributed by atoms with E-state index < -0.39 is 5.97 Å². The van der Waals surface area contributed by atoms with Gasteiger partial charge in [-0.2, -0.15) is 0 Å². The summed E-state index contributed by atoms with van der Waals surface area (Å²) >= 11 is 6.42. The third kappa shape index (κ3) is 11.4. The van der Waals surface area contributed by atoms with Gasteiger partial charge in [0.1, 0.15) is 17.2 Å². The Kier molecular flexibility index (Phi) is 14.8. The van der Waals surface area contributed by atoms with Gasteiger partial charge < -0.3 is 14.2 Å². The summed E-state index contributed by atoms with van der Waals surface area (Å²) in [6.07, 6.45) is 19.3. The van der Waals surface area contributed by atoms with E-state index in [1.807, 2.05) is 12.1 Å². The summed E-state index contributed by atoms with van der Waals surface area (Å²) in [5.41, 5.74) is 0.393. The number of hydrogen-bond donors (Lipinski definition) is 0. The third-order valence-electron chi connectivity index (χ3n) is 8.23. The molecule has 40 heavy (non-hydrogen) atoms. The average Bonchev–Trinajstić information content (AvgIpc) is 2.96. The van der Waals surface area contributed by atoms with E-state index in [1.165, 1.54) is 77.0 Å². The second-order valence-corrected chi connectivity index (χ2v) is 12.0. The second kappa shape index (κ2) is 18.3. The van der Waals surface area contributed by atoms with Crippen LogP contribution in [0.3, 0.4) is 0 Å². The standard InChI is InChI=1S/C35H51ClO4/c1-4-6-8-10-14-27(3)39-34-24-19-30(26-33(34)36)35(37)40-32-22-20-31(21-23-32)38-25-13-18-29-17-12-11-16-28(29)15-9-7-5-2/h19-24,26-29H,4-18,25H2,1-3H3. The van der Waals surface area contributed by atoms with Gasteiger partial charge in [0.05, 0.1) is 23.3 Å². The quantitative estimate of drug-likeness (QED) is 0.101. The predicted molar refractivity (Wildman–Crippen MR) is 166 cm³/mol.